The molecule has 1 fully saturated rings. The van der Waals surface area contributed by atoms with Crippen LogP contribution >= 0.6 is 0 Å². The minimum absolute atomic E-state index is 0.0590. The molecule has 1 aliphatic rings. The van der Waals surface area contributed by atoms with E-state index in [1.54, 1.807) is 30.5 Å². The number of benzene rings is 2. The van der Waals surface area contributed by atoms with Gasteiger partial charge in [0.2, 0.25) is 0 Å². The number of carboxylic acids is 1. The number of pyridine rings is 1. The molecule has 0 aliphatic carbocycles. The molecule has 0 atom stereocenters. The predicted molar refractivity (Wildman–Crippen MR) is 138 cm³/mol. The Kier molecular flexibility index (Phi) is 7.25. The van der Waals surface area contributed by atoms with Crippen LogP contribution in [0.25, 0.3) is 0 Å². The number of anilines is 3. The summed E-state index contributed by atoms with van der Waals surface area (Å²) in [5.41, 5.74) is 1.91. The molecule has 2 heterocycles. The Labute approximate surface area is 206 Å². The molecule has 0 radical (unpaired) electrons. The van der Waals surface area contributed by atoms with E-state index in [1.807, 2.05) is 35.2 Å². The SMILES string of the molecule is CC(C)Cc1ccc(S(=O)(=O)Nc2ccc(N3CCN(c4ccccn4)CC3)c(C(=O)O)c2)cc1. The lowest BCUT2D eigenvalue weighted by molar-refractivity contribution is 0.0697. The first-order valence-electron chi connectivity index (χ1n) is 11.6. The summed E-state index contributed by atoms with van der Waals surface area (Å²) >= 11 is 0. The van der Waals surface area contributed by atoms with Crippen molar-refractivity contribution in [2.24, 2.45) is 5.92 Å². The fraction of sp³-hybridized carbons (Fsp3) is 0.308. The van der Waals surface area contributed by atoms with Gasteiger partial charge in [0.25, 0.3) is 10.0 Å². The van der Waals surface area contributed by atoms with Crippen molar-refractivity contribution in [2.75, 3.05) is 40.7 Å². The van der Waals surface area contributed by atoms with Gasteiger partial charge < -0.3 is 14.9 Å². The molecule has 1 saturated heterocycles. The van der Waals surface area contributed by atoms with Gasteiger partial charge >= 0.3 is 5.97 Å². The number of sulfonamides is 1. The number of aromatic carboxylic acids is 1. The van der Waals surface area contributed by atoms with Gasteiger partial charge in [-0.15, -0.1) is 0 Å². The molecular formula is C26H30N4O4S. The predicted octanol–water partition coefficient (Wildman–Crippen LogP) is 4.11. The molecule has 0 saturated carbocycles. The van der Waals surface area contributed by atoms with Crippen molar-refractivity contribution in [1.82, 2.24) is 4.98 Å². The van der Waals surface area contributed by atoms with Crippen LogP contribution in [0.1, 0.15) is 29.8 Å². The minimum Gasteiger partial charge on any atom is -0.478 e. The third-order valence-electron chi connectivity index (χ3n) is 5.95. The maximum atomic E-state index is 12.9. The zero-order chi connectivity index (χ0) is 25.0. The van der Waals surface area contributed by atoms with Crippen LogP contribution in [-0.2, 0) is 16.4 Å². The summed E-state index contributed by atoms with van der Waals surface area (Å²) in [6.07, 6.45) is 2.62. The maximum Gasteiger partial charge on any atom is 0.337 e. The Morgan fingerprint density at radius 1 is 1.00 bits per heavy atom. The molecule has 35 heavy (non-hydrogen) atoms. The number of nitrogens with zero attached hydrogens (tertiary/aromatic N) is 3. The molecule has 2 aromatic carbocycles. The van der Waals surface area contributed by atoms with Gasteiger partial charge in [-0.3, -0.25) is 4.72 Å². The normalized spacial score (nSPS) is 14.3. The molecular weight excluding hydrogens is 464 g/mol. The first-order chi connectivity index (χ1) is 16.7. The average molecular weight is 495 g/mol. The summed E-state index contributed by atoms with van der Waals surface area (Å²) in [5.74, 6) is 0.264. The van der Waals surface area contributed by atoms with Crippen molar-refractivity contribution in [2.45, 2.75) is 25.2 Å². The average Bonchev–Trinajstić information content (AvgIpc) is 2.84. The number of rotatable bonds is 8. The molecule has 9 heteroatoms. The summed E-state index contributed by atoms with van der Waals surface area (Å²) in [5, 5.41) is 9.84. The van der Waals surface area contributed by atoms with Crippen LogP contribution in [0.15, 0.2) is 71.8 Å². The van der Waals surface area contributed by atoms with Crippen molar-refractivity contribution >= 4 is 33.2 Å². The van der Waals surface area contributed by atoms with Gasteiger partial charge in [0, 0.05) is 38.1 Å². The van der Waals surface area contributed by atoms with Crippen LogP contribution in [0.4, 0.5) is 17.2 Å². The van der Waals surface area contributed by atoms with Crippen LogP contribution in [-0.4, -0.2) is 50.7 Å². The Balaban J connectivity index is 1.49. The van der Waals surface area contributed by atoms with Crippen LogP contribution in [0.3, 0.4) is 0 Å². The highest BCUT2D eigenvalue weighted by Gasteiger charge is 2.23. The van der Waals surface area contributed by atoms with E-state index >= 15 is 0 Å². The Hall–Kier alpha value is -3.59. The van der Waals surface area contributed by atoms with E-state index in [0.29, 0.717) is 37.8 Å². The Morgan fingerprint density at radius 2 is 1.69 bits per heavy atom. The minimum atomic E-state index is -3.85. The number of hydrogen-bond acceptors (Lipinski definition) is 6. The van der Waals surface area contributed by atoms with Gasteiger partial charge in [-0.1, -0.05) is 32.0 Å². The van der Waals surface area contributed by atoms with E-state index in [0.717, 1.165) is 17.8 Å². The van der Waals surface area contributed by atoms with Crippen molar-refractivity contribution < 1.29 is 18.3 Å². The van der Waals surface area contributed by atoms with Gasteiger partial charge in [0.15, 0.2) is 0 Å². The van der Waals surface area contributed by atoms with Gasteiger partial charge in [-0.25, -0.2) is 18.2 Å². The standard InChI is InChI=1S/C26H30N4O4S/c1-19(2)17-20-6-9-22(10-7-20)35(33,34)28-21-8-11-24(23(18-21)26(31)32)29-13-15-30(16-14-29)25-5-3-4-12-27-25/h3-12,18-19,28H,13-17H2,1-2H3,(H,31,32). The molecule has 3 aromatic rings. The van der Waals surface area contributed by atoms with Crippen molar-refractivity contribution in [3.63, 3.8) is 0 Å². The number of carbonyl (C=O) groups is 1. The van der Waals surface area contributed by atoms with Gasteiger partial charge in [0.05, 0.1) is 16.1 Å². The molecule has 4 rings (SSSR count). The van der Waals surface area contributed by atoms with Crippen molar-refractivity contribution in [3.8, 4) is 0 Å². The second kappa shape index (κ2) is 10.4. The quantitative estimate of drug-likeness (QED) is 0.486. The Bertz CT molecular complexity index is 1270. The zero-order valence-electron chi connectivity index (χ0n) is 19.9. The molecule has 0 spiro atoms. The molecule has 2 N–H and O–H groups in total. The molecule has 8 nitrogen and oxygen atoms in total. The number of hydrogen-bond donors (Lipinski definition) is 2. The van der Waals surface area contributed by atoms with E-state index < -0.39 is 16.0 Å². The first kappa shape index (κ1) is 24.5. The second-order valence-electron chi connectivity index (χ2n) is 9.05. The van der Waals surface area contributed by atoms with Crippen LogP contribution in [0.2, 0.25) is 0 Å². The van der Waals surface area contributed by atoms with Gasteiger partial charge in [-0.05, 0) is 60.4 Å². The fourth-order valence-electron chi connectivity index (χ4n) is 4.25. The third-order valence-corrected chi connectivity index (χ3v) is 7.35. The topological polar surface area (TPSA) is 103 Å². The van der Waals surface area contributed by atoms with E-state index in [9.17, 15) is 18.3 Å². The number of nitrogens with one attached hydrogen (secondary N) is 1. The van der Waals surface area contributed by atoms with E-state index in [-0.39, 0.29) is 16.1 Å². The Morgan fingerprint density at radius 3 is 2.29 bits per heavy atom. The summed E-state index contributed by atoms with van der Waals surface area (Å²) in [4.78, 5) is 20.7. The molecule has 0 bridgehead atoms. The fourth-order valence-corrected chi connectivity index (χ4v) is 5.30. The monoisotopic (exact) mass is 494 g/mol. The summed E-state index contributed by atoms with van der Waals surface area (Å²) in [6.45, 7) is 6.89. The lowest BCUT2D eigenvalue weighted by Gasteiger charge is -2.37. The van der Waals surface area contributed by atoms with E-state index in [1.165, 1.54) is 6.07 Å². The van der Waals surface area contributed by atoms with Crippen LogP contribution < -0.4 is 14.5 Å². The van der Waals surface area contributed by atoms with Crippen molar-refractivity contribution in [1.29, 1.82) is 0 Å². The van der Waals surface area contributed by atoms with Crippen molar-refractivity contribution in [3.05, 3.63) is 78.0 Å². The number of aromatic nitrogens is 1. The molecule has 0 unspecified atom stereocenters. The highest BCUT2D eigenvalue weighted by Crippen LogP contribution is 2.28. The summed E-state index contributed by atoms with van der Waals surface area (Å²) in [6, 6.07) is 17.2. The second-order valence-corrected chi connectivity index (χ2v) is 10.7. The van der Waals surface area contributed by atoms with Crippen LogP contribution in [0, 0.1) is 5.92 Å². The molecule has 1 aliphatic heterocycles. The molecule has 1 aromatic heterocycles. The van der Waals surface area contributed by atoms with E-state index in [2.05, 4.69) is 28.5 Å². The highest BCUT2D eigenvalue weighted by atomic mass is 32.2. The largest absolute Gasteiger partial charge is 0.478 e. The third kappa shape index (κ3) is 5.92. The van der Waals surface area contributed by atoms with Crippen LogP contribution in [0.5, 0.6) is 0 Å². The lowest BCUT2D eigenvalue weighted by Crippen LogP contribution is -2.47. The maximum absolute atomic E-state index is 12.9. The first-order valence-corrected chi connectivity index (χ1v) is 13.1. The number of piperazine rings is 1. The highest BCUT2D eigenvalue weighted by molar-refractivity contribution is 7.92. The zero-order valence-corrected chi connectivity index (χ0v) is 20.7. The summed E-state index contributed by atoms with van der Waals surface area (Å²) in [7, 11) is -3.85. The van der Waals surface area contributed by atoms with Gasteiger partial charge in [-0.2, -0.15) is 0 Å². The lowest BCUT2D eigenvalue weighted by atomic mass is 10.0. The smallest absolute Gasteiger partial charge is 0.337 e. The van der Waals surface area contributed by atoms with Gasteiger partial charge in [0.1, 0.15) is 5.82 Å². The molecule has 184 valence electrons. The van der Waals surface area contributed by atoms with E-state index in [4.69, 9.17) is 0 Å². The summed E-state index contributed by atoms with van der Waals surface area (Å²) < 4.78 is 28.3. The molecule has 0 amide bonds. The number of carboxylic acid groups (broad SMARTS) is 1.